The van der Waals surface area contributed by atoms with Crippen molar-refractivity contribution in [3.8, 4) is 0 Å². The Kier molecular flexibility index (Phi) is 2.10. The van der Waals surface area contributed by atoms with Gasteiger partial charge in [0, 0.05) is 5.41 Å². The van der Waals surface area contributed by atoms with Crippen LogP contribution in [0.25, 0.3) is 0 Å². The van der Waals surface area contributed by atoms with Gasteiger partial charge in [-0.3, -0.25) is 4.79 Å². The van der Waals surface area contributed by atoms with Crippen molar-refractivity contribution in [1.82, 2.24) is 0 Å². The topological polar surface area (TPSA) is 26.3 Å². The van der Waals surface area contributed by atoms with Crippen molar-refractivity contribution >= 4 is 5.78 Å². The van der Waals surface area contributed by atoms with Gasteiger partial charge in [-0.1, -0.05) is 32.8 Å². The van der Waals surface area contributed by atoms with E-state index in [2.05, 4.69) is 13.8 Å². The van der Waals surface area contributed by atoms with E-state index in [9.17, 15) is 4.79 Å². The first-order chi connectivity index (χ1) is 7.62. The molecule has 2 fully saturated rings. The van der Waals surface area contributed by atoms with Gasteiger partial charge >= 0.3 is 0 Å². The molecule has 16 heavy (non-hydrogen) atoms. The van der Waals surface area contributed by atoms with Crippen LogP contribution in [-0.4, -0.2) is 17.5 Å². The second-order valence-electron chi connectivity index (χ2n) is 5.88. The Labute approximate surface area is 97.1 Å². The number of hydrogen-bond acceptors (Lipinski definition) is 2. The van der Waals surface area contributed by atoms with E-state index in [1.807, 2.05) is 6.08 Å². The third kappa shape index (κ3) is 1.04. The van der Waals surface area contributed by atoms with Crippen LogP contribution in [0, 0.1) is 11.3 Å². The fourth-order valence-electron chi connectivity index (χ4n) is 4.31. The zero-order chi connectivity index (χ0) is 11.4. The van der Waals surface area contributed by atoms with E-state index >= 15 is 0 Å². The van der Waals surface area contributed by atoms with Crippen molar-refractivity contribution in [3.63, 3.8) is 0 Å². The molecule has 1 saturated heterocycles. The maximum atomic E-state index is 12.4. The Bertz CT molecular complexity index is 360. The summed E-state index contributed by atoms with van der Waals surface area (Å²) in [7, 11) is 0. The lowest BCUT2D eigenvalue weighted by Gasteiger charge is -2.49. The molecule has 2 nitrogen and oxygen atoms in total. The lowest BCUT2D eigenvalue weighted by Crippen LogP contribution is -2.57. The number of ether oxygens (including phenoxy) is 1. The molecule has 2 heteroatoms. The molecule has 2 aliphatic heterocycles. The first-order valence-corrected chi connectivity index (χ1v) is 6.53. The number of hydrogen-bond donors (Lipinski definition) is 0. The Hall–Kier alpha value is -0.630. The van der Waals surface area contributed by atoms with E-state index < -0.39 is 5.60 Å². The average molecular weight is 220 g/mol. The molecule has 0 unspecified atom stereocenters. The van der Waals surface area contributed by atoms with Gasteiger partial charge in [0.15, 0.2) is 5.78 Å². The Morgan fingerprint density at radius 1 is 1.56 bits per heavy atom. The van der Waals surface area contributed by atoms with E-state index in [0.717, 1.165) is 25.7 Å². The maximum absolute atomic E-state index is 12.4. The molecule has 2 heterocycles. The third-order valence-electron chi connectivity index (χ3n) is 5.06. The molecule has 0 aromatic carbocycles. The Morgan fingerprint density at radius 2 is 2.38 bits per heavy atom. The molecular weight excluding hydrogens is 200 g/mol. The lowest BCUT2D eigenvalue weighted by atomic mass is 9.57. The molecule has 1 aliphatic carbocycles. The highest BCUT2D eigenvalue weighted by molar-refractivity contribution is 5.99. The number of fused-ring (bicyclic) bond motifs is 1. The summed E-state index contributed by atoms with van der Waals surface area (Å²) in [5.41, 5.74) is -0.392. The van der Waals surface area contributed by atoms with Crippen LogP contribution < -0.4 is 0 Å². The van der Waals surface area contributed by atoms with E-state index in [0.29, 0.717) is 5.92 Å². The van der Waals surface area contributed by atoms with Crippen LogP contribution >= 0.6 is 0 Å². The van der Waals surface area contributed by atoms with Crippen LogP contribution in [-0.2, 0) is 9.53 Å². The largest absolute Gasteiger partial charge is 0.359 e. The minimum atomic E-state index is -0.473. The highest BCUT2D eigenvalue weighted by Gasteiger charge is 2.65. The van der Waals surface area contributed by atoms with Crippen molar-refractivity contribution in [1.29, 1.82) is 0 Å². The van der Waals surface area contributed by atoms with Gasteiger partial charge in [-0.25, -0.2) is 0 Å². The van der Waals surface area contributed by atoms with E-state index in [-0.39, 0.29) is 17.3 Å². The molecule has 0 N–H and O–H groups in total. The molecule has 3 aliphatic rings. The van der Waals surface area contributed by atoms with E-state index in [1.54, 1.807) is 6.08 Å². The summed E-state index contributed by atoms with van der Waals surface area (Å²) in [6, 6.07) is 0. The molecule has 0 radical (unpaired) electrons. The number of ketones is 1. The van der Waals surface area contributed by atoms with Gasteiger partial charge in [0.25, 0.3) is 0 Å². The van der Waals surface area contributed by atoms with Crippen molar-refractivity contribution < 1.29 is 9.53 Å². The molecule has 88 valence electrons. The first kappa shape index (κ1) is 10.5. The molecule has 4 atom stereocenters. The van der Waals surface area contributed by atoms with Gasteiger partial charge in [0.2, 0.25) is 0 Å². The minimum absolute atomic E-state index is 0.0805. The molecule has 1 saturated carbocycles. The van der Waals surface area contributed by atoms with E-state index in [4.69, 9.17) is 4.74 Å². The quantitative estimate of drug-likeness (QED) is 0.679. The second kappa shape index (κ2) is 3.19. The van der Waals surface area contributed by atoms with Gasteiger partial charge in [0.1, 0.15) is 5.60 Å². The summed E-state index contributed by atoms with van der Waals surface area (Å²) >= 11 is 0. The molecule has 3 rings (SSSR count). The van der Waals surface area contributed by atoms with Crippen LogP contribution in [0.3, 0.4) is 0 Å². The van der Waals surface area contributed by atoms with E-state index in [1.165, 1.54) is 6.42 Å². The monoisotopic (exact) mass is 220 g/mol. The highest BCUT2D eigenvalue weighted by atomic mass is 16.5. The summed E-state index contributed by atoms with van der Waals surface area (Å²) in [5, 5.41) is 0. The molecule has 1 spiro atoms. The normalized spacial score (nSPS) is 50.5. The molecule has 0 amide bonds. The third-order valence-corrected chi connectivity index (χ3v) is 5.06. The standard InChI is InChI=1S/C14H20O2/c1-3-10-5-4-8-13(2)9-11-6-7-12(15)14(10,13)16-11/h6-7,10-11H,3-5,8-9H2,1-2H3/t10-,11+,13-,14+/m0/s1. The number of rotatable bonds is 1. The fourth-order valence-corrected chi connectivity index (χ4v) is 4.31. The van der Waals surface area contributed by atoms with Gasteiger partial charge in [0.05, 0.1) is 6.10 Å². The van der Waals surface area contributed by atoms with Crippen LogP contribution in [0.2, 0.25) is 0 Å². The number of carbonyl (C=O) groups excluding carboxylic acids is 1. The summed E-state index contributed by atoms with van der Waals surface area (Å²) in [6.45, 7) is 4.45. The van der Waals surface area contributed by atoms with Crippen molar-refractivity contribution in [2.24, 2.45) is 11.3 Å². The van der Waals surface area contributed by atoms with Crippen LogP contribution in [0.15, 0.2) is 12.2 Å². The summed E-state index contributed by atoms with van der Waals surface area (Å²) in [5.74, 6) is 0.656. The minimum Gasteiger partial charge on any atom is -0.359 e. The van der Waals surface area contributed by atoms with Gasteiger partial charge in [-0.2, -0.15) is 0 Å². The number of carbonyl (C=O) groups is 1. The predicted octanol–water partition coefficient (Wildman–Crippen LogP) is 2.87. The van der Waals surface area contributed by atoms with Crippen molar-refractivity contribution in [2.45, 2.75) is 57.7 Å². The molecule has 0 aromatic heterocycles. The lowest BCUT2D eigenvalue weighted by molar-refractivity contribution is -0.168. The van der Waals surface area contributed by atoms with Gasteiger partial charge in [-0.05, 0) is 31.3 Å². The molecule has 0 aromatic rings. The average Bonchev–Trinajstić information content (AvgIpc) is 2.53. The fraction of sp³-hybridized carbons (Fsp3) is 0.786. The van der Waals surface area contributed by atoms with Crippen molar-refractivity contribution in [3.05, 3.63) is 12.2 Å². The SMILES string of the molecule is CC[C@H]1CCC[C@@]2(C)C[C@H]3C=CC(=O)[C@]12O3. The summed E-state index contributed by atoms with van der Waals surface area (Å²) in [6.07, 6.45) is 9.58. The van der Waals surface area contributed by atoms with Crippen LogP contribution in [0.1, 0.15) is 46.0 Å². The Balaban J connectivity index is 2.12. The Morgan fingerprint density at radius 3 is 3.12 bits per heavy atom. The van der Waals surface area contributed by atoms with Crippen LogP contribution in [0.4, 0.5) is 0 Å². The highest BCUT2D eigenvalue weighted by Crippen LogP contribution is 2.60. The first-order valence-electron chi connectivity index (χ1n) is 6.53. The maximum Gasteiger partial charge on any atom is 0.188 e. The van der Waals surface area contributed by atoms with Gasteiger partial charge in [-0.15, -0.1) is 0 Å². The predicted molar refractivity (Wildman–Crippen MR) is 62.1 cm³/mol. The molecular formula is C14H20O2. The van der Waals surface area contributed by atoms with Gasteiger partial charge < -0.3 is 4.74 Å². The zero-order valence-electron chi connectivity index (χ0n) is 10.2. The zero-order valence-corrected chi connectivity index (χ0v) is 10.2. The summed E-state index contributed by atoms with van der Waals surface area (Å²) in [4.78, 5) is 12.4. The summed E-state index contributed by atoms with van der Waals surface area (Å²) < 4.78 is 6.17. The van der Waals surface area contributed by atoms with Crippen molar-refractivity contribution in [2.75, 3.05) is 0 Å². The molecule has 2 bridgehead atoms. The van der Waals surface area contributed by atoms with Crippen LogP contribution in [0.5, 0.6) is 0 Å². The smallest absolute Gasteiger partial charge is 0.188 e. The second-order valence-corrected chi connectivity index (χ2v) is 5.88.